The average molecular weight is 486 g/mol. The van der Waals surface area contributed by atoms with Crippen LogP contribution in [0.1, 0.15) is 61.4 Å². The molecule has 0 radical (unpaired) electrons. The van der Waals surface area contributed by atoms with Crippen molar-refractivity contribution in [1.82, 2.24) is 14.5 Å². The monoisotopic (exact) mass is 485 g/mol. The second-order valence-electron chi connectivity index (χ2n) is 9.92. The Morgan fingerprint density at radius 3 is 2.61 bits per heavy atom. The summed E-state index contributed by atoms with van der Waals surface area (Å²) in [4.78, 5) is 32.2. The van der Waals surface area contributed by atoms with Gasteiger partial charge in [0, 0.05) is 37.5 Å². The molecule has 1 amide bonds. The van der Waals surface area contributed by atoms with Gasteiger partial charge in [-0.25, -0.2) is 4.98 Å². The number of rotatable bonds is 7. The van der Waals surface area contributed by atoms with Crippen LogP contribution in [-0.4, -0.2) is 43.9 Å². The van der Waals surface area contributed by atoms with Gasteiger partial charge in [0.25, 0.3) is 11.7 Å². The molecule has 0 unspecified atom stereocenters. The van der Waals surface area contributed by atoms with Crippen molar-refractivity contribution in [3.05, 3.63) is 89.0 Å². The largest absolute Gasteiger partial charge is 0.507 e. The molecule has 36 heavy (non-hydrogen) atoms. The summed E-state index contributed by atoms with van der Waals surface area (Å²) in [5.41, 5.74) is 3.61. The van der Waals surface area contributed by atoms with Crippen molar-refractivity contribution in [1.29, 1.82) is 0 Å². The first-order valence-corrected chi connectivity index (χ1v) is 12.5. The van der Waals surface area contributed by atoms with Gasteiger partial charge in [-0.2, -0.15) is 0 Å². The highest BCUT2D eigenvalue weighted by molar-refractivity contribution is 6.46. The van der Waals surface area contributed by atoms with Crippen LogP contribution in [-0.2, 0) is 22.6 Å². The Hall–Kier alpha value is -3.87. The first kappa shape index (κ1) is 23.9. The minimum atomic E-state index is -0.655. The summed E-state index contributed by atoms with van der Waals surface area (Å²) in [7, 11) is 0. The fourth-order valence-corrected chi connectivity index (χ4v) is 5.09. The number of fused-ring (bicyclic) bond motifs is 1. The van der Waals surface area contributed by atoms with Gasteiger partial charge in [0.05, 0.1) is 17.9 Å². The van der Waals surface area contributed by atoms with Crippen LogP contribution in [0.5, 0.6) is 5.75 Å². The third kappa shape index (κ3) is 4.41. The van der Waals surface area contributed by atoms with Gasteiger partial charge in [-0.05, 0) is 54.2 Å². The van der Waals surface area contributed by atoms with Crippen LogP contribution in [0.4, 0.5) is 0 Å². The maximum absolute atomic E-state index is 13.3. The number of Topliss-reactive ketones (excluding diaryl/α,β-unsaturated/α-hetero) is 1. The SMILES string of the molecule is CC(C)c1ccc([C@H]2/C(=C(\O)c3ccc4c(c3)C[C@@H](C)O4)C(=O)C(=O)N2CCCn2ccnc2)cc1. The number of ketones is 1. The minimum Gasteiger partial charge on any atom is -0.507 e. The Balaban J connectivity index is 1.53. The molecule has 1 N–H and O–H groups in total. The Morgan fingerprint density at radius 1 is 1.14 bits per heavy atom. The molecule has 1 fully saturated rings. The minimum absolute atomic E-state index is 0.0675. The molecule has 1 aromatic heterocycles. The van der Waals surface area contributed by atoms with E-state index in [2.05, 4.69) is 18.8 Å². The zero-order valence-electron chi connectivity index (χ0n) is 20.8. The van der Waals surface area contributed by atoms with Gasteiger partial charge in [0.1, 0.15) is 17.6 Å². The molecule has 2 atom stereocenters. The number of imidazole rings is 1. The van der Waals surface area contributed by atoms with Gasteiger partial charge < -0.3 is 19.3 Å². The number of carbonyl (C=O) groups excluding carboxylic acids is 2. The summed E-state index contributed by atoms with van der Waals surface area (Å²) in [6.45, 7) is 7.29. The van der Waals surface area contributed by atoms with Gasteiger partial charge in [0.15, 0.2) is 0 Å². The van der Waals surface area contributed by atoms with Crippen molar-refractivity contribution < 1.29 is 19.4 Å². The lowest BCUT2D eigenvalue weighted by Gasteiger charge is -2.26. The lowest BCUT2D eigenvalue weighted by molar-refractivity contribution is -0.139. The lowest BCUT2D eigenvalue weighted by atomic mass is 9.92. The normalized spacial score (nSPS) is 20.7. The standard InChI is InChI=1S/C29H31N3O4/c1-18(2)20-5-7-21(8-6-20)26-25(27(33)22-9-10-24-23(16-22)15-19(3)36-24)28(34)29(35)32(26)13-4-12-31-14-11-30-17-31/h5-11,14,16-19,26,33H,4,12-13,15H2,1-3H3/b27-25+/t19-,26+/m1/s1. The number of nitrogens with zero attached hydrogens (tertiary/aromatic N) is 3. The van der Waals surface area contributed by atoms with E-state index >= 15 is 0 Å². The fraction of sp³-hybridized carbons (Fsp3) is 0.345. The summed E-state index contributed by atoms with van der Waals surface area (Å²) < 4.78 is 7.73. The summed E-state index contributed by atoms with van der Waals surface area (Å²) in [5.74, 6) is -0.237. The molecule has 0 aliphatic carbocycles. The second kappa shape index (κ2) is 9.64. The van der Waals surface area contributed by atoms with Gasteiger partial charge in [0.2, 0.25) is 0 Å². The number of aliphatic hydroxyl groups excluding tert-OH is 1. The molecule has 3 aromatic rings. The topological polar surface area (TPSA) is 84.7 Å². The van der Waals surface area contributed by atoms with Crippen molar-refractivity contribution in [3.63, 3.8) is 0 Å². The van der Waals surface area contributed by atoms with E-state index in [1.54, 1.807) is 23.5 Å². The number of amides is 1. The summed E-state index contributed by atoms with van der Waals surface area (Å²) in [5, 5.41) is 11.4. The molecule has 186 valence electrons. The van der Waals surface area contributed by atoms with Crippen molar-refractivity contribution in [2.24, 2.45) is 0 Å². The molecule has 7 nitrogen and oxygen atoms in total. The van der Waals surface area contributed by atoms with Crippen molar-refractivity contribution >= 4 is 17.4 Å². The first-order chi connectivity index (χ1) is 17.3. The first-order valence-electron chi connectivity index (χ1n) is 12.5. The van der Waals surface area contributed by atoms with Crippen LogP contribution in [0.15, 0.2) is 66.8 Å². The van der Waals surface area contributed by atoms with Crippen LogP contribution in [0.2, 0.25) is 0 Å². The molecule has 3 heterocycles. The van der Waals surface area contributed by atoms with Crippen LogP contribution in [0, 0.1) is 0 Å². The smallest absolute Gasteiger partial charge is 0.295 e. The van der Waals surface area contributed by atoms with Gasteiger partial charge >= 0.3 is 0 Å². The molecule has 2 aromatic carbocycles. The Kier molecular flexibility index (Phi) is 6.39. The molecule has 2 aliphatic rings. The highest BCUT2D eigenvalue weighted by Crippen LogP contribution is 2.41. The average Bonchev–Trinajstić information content (AvgIpc) is 3.57. The molecular weight excluding hydrogens is 454 g/mol. The molecule has 1 saturated heterocycles. The number of hydrogen-bond donors (Lipinski definition) is 1. The summed E-state index contributed by atoms with van der Waals surface area (Å²) in [6.07, 6.45) is 6.77. The Labute approximate surface area is 211 Å². The molecule has 2 aliphatic heterocycles. The van der Waals surface area contributed by atoms with Gasteiger partial charge in [-0.1, -0.05) is 38.1 Å². The van der Waals surface area contributed by atoms with E-state index in [1.807, 2.05) is 54.1 Å². The number of carbonyl (C=O) groups is 2. The van der Waals surface area contributed by atoms with Crippen molar-refractivity contribution in [3.8, 4) is 5.75 Å². The fourth-order valence-electron chi connectivity index (χ4n) is 5.09. The van der Waals surface area contributed by atoms with E-state index in [0.717, 1.165) is 23.3 Å². The quantitative estimate of drug-likeness (QED) is 0.294. The highest BCUT2D eigenvalue weighted by atomic mass is 16.5. The van der Waals surface area contributed by atoms with E-state index in [9.17, 15) is 14.7 Å². The lowest BCUT2D eigenvalue weighted by Crippen LogP contribution is -2.31. The zero-order valence-corrected chi connectivity index (χ0v) is 20.8. The van der Waals surface area contributed by atoms with Crippen LogP contribution < -0.4 is 4.74 Å². The molecular formula is C29H31N3O4. The zero-order chi connectivity index (χ0) is 25.4. The Bertz CT molecular complexity index is 1310. The van der Waals surface area contributed by atoms with Crippen molar-refractivity contribution in [2.45, 2.75) is 58.2 Å². The van der Waals surface area contributed by atoms with Gasteiger partial charge in [-0.3, -0.25) is 9.59 Å². The van der Waals surface area contributed by atoms with E-state index in [0.29, 0.717) is 31.0 Å². The van der Waals surface area contributed by atoms with E-state index < -0.39 is 17.7 Å². The number of aromatic nitrogens is 2. The molecule has 0 bridgehead atoms. The molecule has 0 spiro atoms. The predicted octanol–water partition coefficient (Wildman–Crippen LogP) is 4.84. The van der Waals surface area contributed by atoms with Crippen LogP contribution in [0.3, 0.4) is 0 Å². The third-order valence-corrected chi connectivity index (χ3v) is 7.00. The number of aryl methyl sites for hydroxylation is 1. The third-order valence-electron chi connectivity index (χ3n) is 7.00. The molecule has 7 heteroatoms. The maximum atomic E-state index is 13.3. The van der Waals surface area contributed by atoms with E-state index in [-0.39, 0.29) is 17.4 Å². The summed E-state index contributed by atoms with van der Waals surface area (Å²) in [6, 6.07) is 12.7. The second-order valence-corrected chi connectivity index (χ2v) is 9.92. The Morgan fingerprint density at radius 2 is 1.92 bits per heavy atom. The molecule has 5 rings (SSSR count). The molecule has 0 saturated carbocycles. The number of hydrogen-bond acceptors (Lipinski definition) is 5. The maximum Gasteiger partial charge on any atom is 0.295 e. The number of likely N-dealkylation sites (tertiary alicyclic amines) is 1. The van der Waals surface area contributed by atoms with Crippen LogP contribution >= 0.6 is 0 Å². The van der Waals surface area contributed by atoms with Crippen LogP contribution in [0.25, 0.3) is 5.76 Å². The van der Waals surface area contributed by atoms with Crippen molar-refractivity contribution in [2.75, 3.05) is 6.54 Å². The number of aliphatic hydroxyl groups is 1. The number of benzene rings is 2. The van der Waals surface area contributed by atoms with E-state index in [1.165, 1.54) is 5.56 Å². The summed E-state index contributed by atoms with van der Waals surface area (Å²) >= 11 is 0. The van der Waals surface area contributed by atoms with E-state index in [4.69, 9.17) is 4.74 Å². The van der Waals surface area contributed by atoms with Gasteiger partial charge in [-0.15, -0.1) is 0 Å². The number of ether oxygens (including phenoxy) is 1. The highest BCUT2D eigenvalue weighted by Gasteiger charge is 2.45. The predicted molar refractivity (Wildman–Crippen MR) is 137 cm³/mol.